The maximum absolute atomic E-state index is 13.1. The Bertz CT molecular complexity index is 359. The van der Waals surface area contributed by atoms with Crippen molar-refractivity contribution < 1.29 is 4.39 Å². The molecule has 5 heteroatoms. The van der Waals surface area contributed by atoms with Gasteiger partial charge in [0, 0.05) is 0 Å². The summed E-state index contributed by atoms with van der Waals surface area (Å²) in [7, 11) is 0. The van der Waals surface area contributed by atoms with E-state index >= 15 is 0 Å². The van der Waals surface area contributed by atoms with Crippen LogP contribution < -0.4 is 11.3 Å². The van der Waals surface area contributed by atoms with Gasteiger partial charge in [-0.2, -0.15) is 4.39 Å². The molecule has 13 heavy (non-hydrogen) atoms. The molecule has 0 unspecified atom stereocenters. The Hall–Kier alpha value is -1.23. The first-order chi connectivity index (χ1) is 6.06. The van der Waals surface area contributed by atoms with Crippen LogP contribution in [-0.4, -0.2) is 9.97 Å². The van der Waals surface area contributed by atoms with Gasteiger partial charge in [-0.15, -0.1) is 0 Å². The molecular formula is C8H12FN3O. The number of hydrogen-bond donors (Lipinski definition) is 2. The molecule has 0 amide bonds. The van der Waals surface area contributed by atoms with Gasteiger partial charge in [0.1, 0.15) is 5.82 Å². The van der Waals surface area contributed by atoms with Gasteiger partial charge in [-0.05, 0) is 5.92 Å². The highest BCUT2D eigenvalue weighted by molar-refractivity contribution is 5.09. The average Bonchev–Trinajstić information content (AvgIpc) is 2.09. The minimum absolute atomic E-state index is 0.106. The van der Waals surface area contributed by atoms with E-state index in [0.717, 1.165) is 0 Å². The third-order valence-corrected chi connectivity index (χ3v) is 1.68. The minimum atomic E-state index is -0.813. The number of H-pyrrole nitrogens is 1. The third-order valence-electron chi connectivity index (χ3n) is 1.68. The predicted octanol–water partition coefficient (Wildman–Crippen LogP) is 0.491. The summed E-state index contributed by atoms with van der Waals surface area (Å²) in [5, 5.41) is 0. The van der Waals surface area contributed by atoms with Crippen LogP contribution >= 0.6 is 0 Å². The number of rotatable bonds is 2. The normalized spacial score (nSPS) is 10.8. The van der Waals surface area contributed by atoms with Crippen LogP contribution in [0.5, 0.6) is 0 Å². The lowest BCUT2D eigenvalue weighted by Crippen LogP contribution is -2.21. The van der Waals surface area contributed by atoms with E-state index in [0.29, 0.717) is 5.82 Å². The maximum Gasteiger partial charge on any atom is 0.287 e. The van der Waals surface area contributed by atoms with Gasteiger partial charge in [-0.1, -0.05) is 13.8 Å². The second-order valence-corrected chi connectivity index (χ2v) is 3.07. The standard InChI is InChI=1S/C8H12FN3O/c1-4(2)7-6(9)8(13)12-5(3-10)11-7/h4H,3,10H2,1-2H3,(H,11,12,13). The highest BCUT2D eigenvalue weighted by atomic mass is 19.1. The smallest absolute Gasteiger partial charge is 0.287 e. The zero-order valence-electron chi connectivity index (χ0n) is 7.60. The number of nitrogens with two attached hydrogens (primary N) is 1. The molecule has 0 fully saturated rings. The summed E-state index contributed by atoms with van der Waals surface area (Å²) >= 11 is 0. The number of aromatic amines is 1. The molecule has 1 heterocycles. The predicted molar refractivity (Wildman–Crippen MR) is 46.8 cm³/mol. The van der Waals surface area contributed by atoms with E-state index in [2.05, 4.69) is 9.97 Å². The first kappa shape index (κ1) is 9.85. The van der Waals surface area contributed by atoms with E-state index in [4.69, 9.17) is 5.73 Å². The summed E-state index contributed by atoms with van der Waals surface area (Å²) in [4.78, 5) is 17.1. The summed E-state index contributed by atoms with van der Waals surface area (Å²) < 4.78 is 13.1. The molecule has 3 N–H and O–H groups in total. The second kappa shape index (κ2) is 3.66. The van der Waals surface area contributed by atoms with Crippen LogP contribution in [0.25, 0.3) is 0 Å². The van der Waals surface area contributed by atoms with Gasteiger partial charge in [0.05, 0.1) is 12.2 Å². The molecule has 0 aliphatic heterocycles. The molecule has 0 spiro atoms. The van der Waals surface area contributed by atoms with Gasteiger partial charge in [0.15, 0.2) is 0 Å². The van der Waals surface area contributed by atoms with Crippen molar-refractivity contribution in [3.8, 4) is 0 Å². The SMILES string of the molecule is CC(C)c1nc(CN)[nH]c(=O)c1F. The Morgan fingerprint density at radius 2 is 2.23 bits per heavy atom. The Morgan fingerprint density at radius 1 is 1.62 bits per heavy atom. The third kappa shape index (κ3) is 1.92. The Morgan fingerprint density at radius 3 is 2.69 bits per heavy atom. The quantitative estimate of drug-likeness (QED) is 0.704. The van der Waals surface area contributed by atoms with Crippen molar-refractivity contribution in [2.45, 2.75) is 26.3 Å². The van der Waals surface area contributed by atoms with Crippen LogP contribution in [0.15, 0.2) is 4.79 Å². The molecule has 0 radical (unpaired) electrons. The molecule has 1 rings (SSSR count). The Kier molecular flexibility index (Phi) is 2.77. The van der Waals surface area contributed by atoms with Gasteiger partial charge in [0.25, 0.3) is 5.56 Å². The van der Waals surface area contributed by atoms with E-state index in [9.17, 15) is 9.18 Å². The van der Waals surface area contributed by atoms with Gasteiger partial charge >= 0.3 is 0 Å². The summed E-state index contributed by atoms with van der Waals surface area (Å²) in [6.07, 6.45) is 0. The van der Waals surface area contributed by atoms with Crippen molar-refractivity contribution in [1.29, 1.82) is 0 Å². The van der Waals surface area contributed by atoms with Crippen LogP contribution in [0, 0.1) is 5.82 Å². The first-order valence-corrected chi connectivity index (χ1v) is 4.05. The summed E-state index contributed by atoms with van der Waals surface area (Å²) in [5.74, 6) is -0.616. The lowest BCUT2D eigenvalue weighted by molar-refractivity contribution is 0.557. The van der Waals surface area contributed by atoms with E-state index < -0.39 is 11.4 Å². The molecule has 0 aliphatic rings. The van der Waals surface area contributed by atoms with E-state index in [1.165, 1.54) is 0 Å². The lowest BCUT2D eigenvalue weighted by Gasteiger charge is -2.06. The van der Waals surface area contributed by atoms with Gasteiger partial charge in [-0.3, -0.25) is 4.79 Å². The molecule has 0 saturated heterocycles. The van der Waals surface area contributed by atoms with Crippen molar-refractivity contribution in [3.05, 3.63) is 27.7 Å². The number of nitrogens with one attached hydrogen (secondary N) is 1. The van der Waals surface area contributed by atoms with Crippen molar-refractivity contribution >= 4 is 0 Å². The van der Waals surface area contributed by atoms with E-state index in [1.54, 1.807) is 13.8 Å². The molecule has 4 nitrogen and oxygen atoms in total. The second-order valence-electron chi connectivity index (χ2n) is 3.07. The molecule has 0 aromatic carbocycles. The Balaban J connectivity index is 3.33. The Labute approximate surface area is 75.0 Å². The van der Waals surface area contributed by atoms with Gasteiger partial charge < -0.3 is 10.7 Å². The van der Waals surface area contributed by atoms with Crippen molar-refractivity contribution in [3.63, 3.8) is 0 Å². The summed E-state index contributed by atoms with van der Waals surface area (Å²) in [6.45, 7) is 3.64. The molecule has 1 aromatic rings. The molecular weight excluding hydrogens is 173 g/mol. The van der Waals surface area contributed by atoms with Crippen LogP contribution in [0.4, 0.5) is 4.39 Å². The monoisotopic (exact) mass is 185 g/mol. The van der Waals surface area contributed by atoms with E-state index in [-0.39, 0.29) is 18.2 Å². The number of halogens is 1. The van der Waals surface area contributed by atoms with Crippen LogP contribution in [0.1, 0.15) is 31.3 Å². The lowest BCUT2D eigenvalue weighted by atomic mass is 10.1. The van der Waals surface area contributed by atoms with Crippen LogP contribution in [0.3, 0.4) is 0 Å². The van der Waals surface area contributed by atoms with Crippen molar-refractivity contribution in [2.24, 2.45) is 5.73 Å². The topological polar surface area (TPSA) is 71.8 Å². The summed E-state index contributed by atoms with van der Waals surface area (Å²) in [6, 6.07) is 0. The highest BCUT2D eigenvalue weighted by Gasteiger charge is 2.13. The van der Waals surface area contributed by atoms with Crippen LogP contribution in [0.2, 0.25) is 0 Å². The zero-order chi connectivity index (χ0) is 10.0. The molecule has 0 saturated carbocycles. The molecule has 1 aromatic heterocycles. The molecule has 72 valence electrons. The minimum Gasteiger partial charge on any atom is -0.324 e. The fraction of sp³-hybridized carbons (Fsp3) is 0.500. The number of aromatic nitrogens is 2. The number of nitrogens with zero attached hydrogens (tertiary/aromatic N) is 1. The number of hydrogen-bond acceptors (Lipinski definition) is 3. The molecule has 0 aliphatic carbocycles. The highest BCUT2D eigenvalue weighted by Crippen LogP contribution is 2.12. The van der Waals surface area contributed by atoms with Gasteiger partial charge in [-0.25, -0.2) is 4.98 Å². The van der Waals surface area contributed by atoms with Crippen molar-refractivity contribution in [2.75, 3.05) is 0 Å². The van der Waals surface area contributed by atoms with Gasteiger partial charge in [0.2, 0.25) is 5.82 Å². The fourth-order valence-electron chi connectivity index (χ4n) is 1.00. The fourth-order valence-corrected chi connectivity index (χ4v) is 1.00. The average molecular weight is 185 g/mol. The first-order valence-electron chi connectivity index (χ1n) is 4.05. The zero-order valence-corrected chi connectivity index (χ0v) is 7.60. The van der Waals surface area contributed by atoms with E-state index in [1.807, 2.05) is 0 Å². The molecule has 0 bridgehead atoms. The largest absolute Gasteiger partial charge is 0.324 e. The van der Waals surface area contributed by atoms with Crippen LogP contribution in [-0.2, 0) is 6.54 Å². The molecule has 0 atom stereocenters. The van der Waals surface area contributed by atoms with Crippen molar-refractivity contribution in [1.82, 2.24) is 9.97 Å². The summed E-state index contributed by atoms with van der Waals surface area (Å²) in [5.41, 5.74) is 4.70. The maximum atomic E-state index is 13.1.